The van der Waals surface area contributed by atoms with Crippen molar-refractivity contribution in [2.45, 2.75) is 104 Å². The number of unbranched alkanes of at least 4 members (excludes halogenated alkanes) is 13. The molecule has 0 N–H and O–H groups in total. The van der Waals surface area contributed by atoms with Crippen molar-refractivity contribution in [1.29, 1.82) is 0 Å². The minimum absolute atomic E-state index is 0. The first-order valence-electron chi connectivity index (χ1n) is 7.91. The van der Waals surface area contributed by atoms with Crippen LogP contribution in [0.15, 0.2) is 0 Å². The highest BCUT2D eigenvalue weighted by Gasteiger charge is 1.92. The Morgan fingerprint density at radius 2 is 0.529 bits per heavy atom. The van der Waals surface area contributed by atoms with Gasteiger partial charge in [-0.05, 0) is 0 Å². The highest BCUT2D eigenvalue weighted by molar-refractivity contribution is 5.75. The maximum absolute atomic E-state index is 2.29. The predicted octanol–water partition coefficient (Wildman–Crippen LogP) is 6.11. The molecule has 0 rings (SSSR count). The van der Waals surface area contributed by atoms with Crippen LogP contribution in [0.5, 0.6) is 0 Å². The Bertz CT molecular complexity index is 98.1. The molecule has 0 saturated carbocycles. The molecule has 0 bridgehead atoms. The van der Waals surface area contributed by atoms with Crippen LogP contribution in [0.1, 0.15) is 104 Å². The molecule has 0 aromatic heterocycles. The van der Waals surface area contributed by atoms with Gasteiger partial charge in [-0.15, -0.1) is 0 Å². The van der Waals surface area contributed by atoms with E-state index in [2.05, 4.69) is 13.8 Å². The first-order chi connectivity index (χ1) is 7.91. The third kappa shape index (κ3) is 18.8. The first kappa shape index (κ1) is 19.6. The molecule has 4 radical (unpaired) electrons. The largest absolute Gasteiger partial charge is 0.0654 e. The summed E-state index contributed by atoms with van der Waals surface area (Å²) < 4.78 is 0. The van der Waals surface area contributed by atoms with Crippen LogP contribution in [-0.2, 0) is 0 Å². The molecule has 0 nitrogen and oxygen atoms in total. The van der Waals surface area contributed by atoms with E-state index in [0.717, 1.165) is 0 Å². The average molecular weight is 255 g/mol. The van der Waals surface area contributed by atoms with Gasteiger partial charge in [0.1, 0.15) is 0 Å². The van der Waals surface area contributed by atoms with Crippen LogP contribution in [0.2, 0.25) is 0 Å². The quantitative estimate of drug-likeness (QED) is 0.275. The van der Waals surface area contributed by atoms with Gasteiger partial charge in [0.05, 0.1) is 0 Å². The van der Waals surface area contributed by atoms with Crippen molar-refractivity contribution in [1.82, 2.24) is 0 Å². The van der Waals surface area contributed by atoms with E-state index in [1.165, 1.54) is 89.9 Å². The Morgan fingerprint density at radius 3 is 0.706 bits per heavy atom. The molecule has 0 aromatic rings. The summed E-state index contributed by atoms with van der Waals surface area (Å²) in [5.41, 5.74) is 0. The van der Waals surface area contributed by atoms with Crippen molar-refractivity contribution in [2.24, 2.45) is 0 Å². The Hall–Kier alpha value is 0.217. The standard InChI is InChI=1S/C16H34.Si/c1-3-5-7-9-11-13-15-16-14-12-10-8-6-4-2;/h3-16H2,1-2H3;. The Balaban J connectivity index is 0. The van der Waals surface area contributed by atoms with Gasteiger partial charge in [-0.2, -0.15) is 0 Å². The number of hydrogen-bond donors (Lipinski definition) is 0. The van der Waals surface area contributed by atoms with E-state index in [1.807, 2.05) is 0 Å². The molecule has 1 heteroatoms. The molecule has 0 unspecified atom stereocenters. The second-order valence-electron chi connectivity index (χ2n) is 5.24. The third-order valence-electron chi connectivity index (χ3n) is 3.46. The Kier molecular flexibility index (Phi) is 21.4. The first-order valence-corrected chi connectivity index (χ1v) is 7.91. The van der Waals surface area contributed by atoms with E-state index in [-0.39, 0.29) is 11.0 Å². The molecule has 0 fully saturated rings. The average Bonchev–Trinajstić information content (AvgIpc) is 2.31. The van der Waals surface area contributed by atoms with Gasteiger partial charge < -0.3 is 0 Å². The second-order valence-corrected chi connectivity index (χ2v) is 5.24. The van der Waals surface area contributed by atoms with E-state index in [4.69, 9.17) is 0 Å². The molecule has 0 aliphatic carbocycles. The summed E-state index contributed by atoms with van der Waals surface area (Å²) in [5.74, 6) is 0. The van der Waals surface area contributed by atoms with E-state index in [9.17, 15) is 0 Å². The summed E-state index contributed by atoms with van der Waals surface area (Å²) in [6.07, 6.45) is 20.4. The summed E-state index contributed by atoms with van der Waals surface area (Å²) in [6.45, 7) is 4.58. The molecule has 0 atom stereocenters. The third-order valence-corrected chi connectivity index (χ3v) is 3.46. The normalized spacial score (nSPS) is 10.2. The minimum atomic E-state index is 0. The fraction of sp³-hybridized carbons (Fsp3) is 1.00. The molecular weight excluding hydrogens is 220 g/mol. The molecule has 17 heavy (non-hydrogen) atoms. The molecule has 0 aliphatic heterocycles. The summed E-state index contributed by atoms with van der Waals surface area (Å²) >= 11 is 0. The highest BCUT2D eigenvalue weighted by atomic mass is 28.1. The van der Waals surface area contributed by atoms with Crippen LogP contribution in [0.4, 0.5) is 0 Å². The monoisotopic (exact) mass is 254 g/mol. The smallest absolute Gasteiger partial charge is 0 e. The van der Waals surface area contributed by atoms with Gasteiger partial charge in [0.25, 0.3) is 0 Å². The van der Waals surface area contributed by atoms with Gasteiger partial charge in [-0.25, -0.2) is 0 Å². The van der Waals surface area contributed by atoms with Crippen LogP contribution in [0.3, 0.4) is 0 Å². The molecule has 0 amide bonds. The zero-order valence-corrected chi connectivity index (χ0v) is 13.4. The van der Waals surface area contributed by atoms with E-state index in [1.54, 1.807) is 0 Å². The Morgan fingerprint density at radius 1 is 0.353 bits per heavy atom. The van der Waals surface area contributed by atoms with E-state index >= 15 is 0 Å². The maximum atomic E-state index is 2.29. The molecule has 0 heterocycles. The van der Waals surface area contributed by atoms with Crippen LogP contribution >= 0.6 is 0 Å². The zero-order valence-electron chi connectivity index (χ0n) is 12.4. The van der Waals surface area contributed by atoms with Crippen molar-refractivity contribution in [3.8, 4) is 0 Å². The second kappa shape index (κ2) is 18.6. The topological polar surface area (TPSA) is 0 Å². The van der Waals surface area contributed by atoms with Gasteiger partial charge in [0.15, 0.2) is 0 Å². The fourth-order valence-corrected chi connectivity index (χ4v) is 2.27. The van der Waals surface area contributed by atoms with E-state index in [0.29, 0.717) is 0 Å². The van der Waals surface area contributed by atoms with Crippen molar-refractivity contribution in [2.75, 3.05) is 0 Å². The number of rotatable bonds is 13. The molecule has 0 spiro atoms. The van der Waals surface area contributed by atoms with Crippen LogP contribution < -0.4 is 0 Å². The maximum Gasteiger partial charge on any atom is 0 e. The fourth-order valence-electron chi connectivity index (χ4n) is 2.27. The summed E-state index contributed by atoms with van der Waals surface area (Å²) in [4.78, 5) is 0. The zero-order chi connectivity index (χ0) is 11.9. The lowest BCUT2D eigenvalue weighted by Gasteiger charge is -2.02. The summed E-state index contributed by atoms with van der Waals surface area (Å²) in [5, 5.41) is 0. The molecule has 0 aromatic carbocycles. The number of hydrogen-bond acceptors (Lipinski definition) is 0. The minimum Gasteiger partial charge on any atom is -0.0654 e. The lowest BCUT2D eigenvalue weighted by Crippen LogP contribution is -1.82. The lowest BCUT2D eigenvalue weighted by atomic mass is 10.0. The molecular formula is C16H34Si. The molecule has 102 valence electrons. The summed E-state index contributed by atoms with van der Waals surface area (Å²) in [6, 6.07) is 0. The predicted molar refractivity (Wildman–Crippen MR) is 81.7 cm³/mol. The van der Waals surface area contributed by atoms with Gasteiger partial charge >= 0.3 is 0 Å². The van der Waals surface area contributed by atoms with Crippen molar-refractivity contribution >= 4 is 11.0 Å². The van der Waals surface area contributed by atoms with Crippen molar-refractivity contribution in [3.05, 3.63) is 0 Å². The van der Waals surface area contributed by atoms with Crippen LogP contribution in [-0.4, -0.2) is 11.0 Å². The Labute approximate surface area is 115 Å². The van der Waals surface area contributed by atoms with Gasteiger partial charge in [0, 0.05) is 11.0 Å². The van der Waals surface area contributed by atoms with Crippen LogP contribution in [0.25, 0.3) is 0 Å². The van der Waals surface area contributed by atoms with Crippen molar-refractivity contribution in [3.63, 3.8) is 0 Å². The molecule has 0 saturated heterocycles. The molecule has 0 aliphatic rings. The lowest BCUT2D eigenvalue weighted by molar-refractivity contribution is 0.538. The van der Waals surface area contributed by atoms with Gasteiger partial charge in [-0.1, -0.05) is 104 Å². The van der Waals surface area contributed by atoms with Crippen molar-refractivity contribution < 1.29 is 0 Å². The van der Waals surface area contributed by atoms with E-state index < -0.39 is 0 Å². The summed E-state index contributed by atoms with van der Waals surface area (Å²) in [7, 11) is 0. The van der Waals surface area contributed by atoms with Gasteiger partial charge in [0.2, 0.25) is 0 Å². The van der Waals surface area contributed by atoms with Gasteiger partial charge in [-0.3, -0.25) is 0 Å². The highest BCUT2D eigenvalue weighted by Crippen LogP contribution is 2.12. The SMILES string of the molecule is CCCCCCCCCCCCCCCC.[Si]. The van der Waals surface area contributed by atoms with Crippen LogP contribution in [0, 0.1) is 0 Å².